The summed E-state index contributed by atoms with van der Waals surface area (Å²) in [5.41, 5.74) is 0.583. The highest BCUT2D eigenvalue weighted by atomic mass is 16.5. The molecule has 20 heavy (non-hydrogen) atoms. The molecule has 0 amide bonds. The Morgan fingerprint density at radius 2 is 2.45 bits per heavy atom. The Labute approximate surface area is 119 Å². The molecule has 1 aromatic heterocycles. The third-order valence-electron chi connectivity index (χ3n) is 4.14. The zero-order valence-corrected chi connectivity index (χ0v) is 11.6. The summed E-state index contributed by atoms with van der Waals surface area (Å²) >= 11 is 0. The molecule has 3 heterocycles. The Kier molecular flexibility index (Phi) is 4.14. The minimum atomic E-state index is 0.179. The van der Waals surface area contributed by atoms with Gasteiger partial charge in [-0.2, -0.15) is 5.26 Å². The van der Waals surface area contributed by atoms with Gasteiger partial charge in [-0.05, 0) is 31.5 Å². The number of morpholine rings is 1. The van der Waals surface area contributed by atoms with Gasteiger partial charge in [-0.3, -0.25) is 4.90 Å². The van der Waals surface area contributed by atoms with Crippen molar-refractivity contribution in [2.45, 2.75) is 31.4 Å². The van der Waals surface area contributed by atoms with Gasteiger partial charge in [-0.15, -0.1) is 0 Å². The van der Waals surface area contributed by atoms with Gasteiger partial charge >= 0.3 is 0 Å². The van der Waals surface area contributed by atoms with Crippen LogP contribution in [0, 0.1) is 11.3 Å². The summed E-state index contributed by atoms with van der Waals surface area (Å²) in [5, 5.41) is 12.3. The van der Waals surface area contributed by atoms with Crippen LogP contribution in [0.1, 0.15) is 24.8 Å². The Morgan fingerprint density at radius 3 is 3.35 bits per heavy atom. The van der Waals surface area contributed by atoms with Crippen molar-refractivity contribution in [2.75, 3.05) is 31.6 Å². The second kappa shape index (κ2) is 6.21. The van der Waals surface area contributed by atoms with E-state index in [1.807, 2.05) is 0 Å². The summed E-state index contributed by atoms with van der Waals surface area (Å²) in [5.74, 6) is 0.652. The number of pyridine rings is 1. The largest absolute Gasteiger partial charge is 0.373 e. The van der Waals surface area contributed by atoms with Crippen molar-refractivity contribution in [1.82, 2.24) is 9.88 Å². The normalized spacial score (nSPS) is 26.6. The van der Waals surface area contributed by atoms with E-state index in [9.17, 15) is 0 Å². The monoisotopic (exact) mass is 272 g/mol. The van der Waals surface area contributed by atoms with Crippen molar-refractivity contribution >= 4 is 5.82 Å². The smallest absolute Gasteiger partial charge is 0.143 e. The predicted octanol–water partition coefficient (Wildman–Crippen LogP) is 1.62. The van der Waals surface area contributed by atoms with E-state index in [0.717, 1.165) is 13.2 Å². The van der Waals surface area contributed by atoms with Crippen LogP contribution >= 0.6 is 0 Å². The van der Waals surface area contributed by atoms with Gasteiger partial charge in [0.2, 0.25) is 0 Å². The first-order chi connectivity index (χ1) is 9.86. The van der Waals surface area contributed by atoms with Crippen LogP contribution in [0.4, 0.5) is 5.82 Å². The molecule has 0 saturated carbocycles. The Bertz CT molecular complexity index is 499. The lowest BCUT2D eigenvalue weighted by Crippen LogP contribution is -2.53. The quantitative estimate of drug-likeness (QED) is 0.906. The number of aromatic nitrogens is 1. The lowest BCUT2D eigenvalue weighted by atomic mass is 10.0. The lowest BCUT2D eigenvalue weighted by Gasteiger charge is -2.42. The fourth-order valence-corrected chi connectivity index (χ4v) is 3.02. The van der Waals surface area contributed by atoms with E-state index in [0.29, 0.717) is 24.0 Å². The molecule has 0 spiro atoms. The average molecular weight is 272 g/mol. The number of anilines is 1. The Hall–Kier alpha value is -1.64. The number of ether oxygens (including phenoxy) is 1. The fraction of sp³-hybridized carbons (Fsp3) is 0.600. The number of piperidine rings is 1. The van der Waals surface area contributed by atoms with E-state index < -0.39 is 0 Å². The van der Waals surface area contributed by atoms with Gasteiger partial charge < -0.3 is 10.1 Å². The zero-order valence-electron chi connectivity index (χ0n) is 11.6. The third kappa shape index (κ3) is 2.92. The first kappa shape index (κ1) is 13.3. The summed E-state index contributed by atoms with van der Waals surface area (Å²) in [6.07, 6.45) is 5.77. The molecule has 2 aliphatic rings. The van der Waals surface area contributed by atoms with Crippen LogP contribution < -0.4 is 5.32 Å². The van der Waals surface area contributed by atoms with Gasteiger partial charge in [0.1, 0.15) is 11.9 Å². The molecule has 5 heteroatoms. The van der Waals surface area contributed by atoms with Gasteiger partial charge in [0.15, 0.2) is 0 Å². The highest BCUT2D eigenvalue weighted by Gasteiger charge is 2.30. The minimum Gasteiger partial charge on any atom is -0.373 e. The SMILES string of the molecule is N#Cc1cccnc1NC[C@@H]1CN2CCCC[C@@H]2CO1. The molecular formula is C15H20N4O. The zero-order chi connectivity index (χ0) is 13.8. The van der Waals surface area contributed by atoms with Gasteiger partial charge in [0.05, 0.1) is 18.3 Å². The standard InChI is InChI=1S/C15H20N4O/c16-8-12-4-3-6-17-15(12)18-9-14-10-19-7-2-1-5-13(19)11-20-14/h3-4,6,13-14H,1-2,5,7,9-11H2,(H,17,18)/t13-,14-/m1/s1. The van der Waals surface area contributed by atoms with E-state index in [1.54, 1.807) is 18.3 Å². The summed E-state index contributed by atoms with van der Waals surface area (Å²) < 4.78 is 5.93. The number of hydrogen-bond donors (Lipinski definition) is 1. The minimum absolute atomic E-state index is 0.179. The maximum Gasteiger partial charge on any atom is 0.143 e. The molecule has 0 aromatic carbocycles. The molecule has 0 radical (unpaired) electrons. The maximum absolute atomic E-state index is 9.04. The van der Waals surface area contributed by atoms with Gasteiger partial charge in [0.25, 0.3) is 0 Å². The highest BCUT2D eigenvalue weighted by molar-refractivity contribution is 5.51. The van der Waals surface area contributed by atoms with E-state index >= 15 is 0 Å². The molecule has 2 atom stereocenters. The number of nitrogens with one attached hydrogen (secondary N) is 1. The van der Waals surface area contributed by atoms with Gasteiger partial charge in [0, 0.05) is 25.3 Å². The number of hydrogen-bond acceptors (Lipinski definition) is 5. The van der Waals surface area contributed by atoms with Crippen LogP contribution in [0.5, 0.6) is 0 Å². The molecule has 1 N–H and O–H groups in total. The van der Waals surface area contributed by atoms with Crippen LogP contribution in [-0.4, -0.2) is 48.3 Å². The number of nitrogens with zero attached hydrogens (tertiary/aromatic N) is 3. The first-order valence-corrected chi connectivity index (χ1v) is 7.31. The number of nitriles is 1. The van der Waals surface area contributed by atoms with Crippen LogP contribution in [-0.2, 0) is 4.74 Å². The molecule has 5 nitrogen and oxygen atoms in total. The molecule has 0 bridgehead atoms. The van der Waals surface area contributed by atoms with Crippen molar-refractivity contribution in [3.8, 4) is 6.07 Å². The van der Waals surface area contributed by atoms with E-state index in [2.05, 4.69) is 21.3 Å². The van der Waals surface area contributed by atoms with Crippen molar-refractivity contribution in [3.05, 3.63) is 23.9 Å². The topological polar surface area (TPSA) is 61.2 Å². The molecule has 106 valence electrons. The molecule has 0 unspecified atom stereocenters. The van der Waals surface area contributed by atoms with Crippen molar-refractivity contribution < 1.29 is 4.74 Å². The molecule has 2 saturated heterocycles. The highest BCUT2D eigenvalue weighted by Crippen LogP contribution is 2.22. The van der Waals surface area contributed by atoms with E-state index in [-0.39, 0.29) is 6.10 Å². The summed E-state index contributed by atoms with van der Waals surface area (Å²) in [7, 11) is 0. The van der Waals surface area contributed by atoms with Crippen molar-refractivity contribution in [2.24, 2.45) is 0 Å². The van der Waals surface area contributed by atoms with Crippen LogP contribution in [0.2, 0.25) is 0 Å². The second-order valence-electron chi connectivity index (χ2n) is 5.49. The van der Waals surface area contributed by atoms with E-state index in [4.69, 9.17) is 10.00 Å². The summed E-state index contributed by atoms with van der Waals surface area (Å²) in [6.45, 7) is 3.71. The Balaban J connectivity index is 1.55. The lowest BCUT2D eigenvalue weighted by molar-refractivity contribution is -0.0689. The van der Waals surface area contributed by atoms with Gasteiger partial charge in [-0.25, -0.2) is 4.98 Å². The molecule has 1 aromatic rings. The predicted molar refractivity (Wildman–Crippen MR) is 76.4 cm³/mol. The molecule has 2 fully saturated rings. The van der Waals surface area contributed by atoms with Gasteiger partial charge in [-0.1, -0.05) is 6.42 Å². The fourth-order valence-electron chi connectivity index (χ4n) is 3.02. The number of rotatable bonds is 3. The summed E-state index contributed by atoms with van der Waals surface area (Å²) in [4.78, 5) is 6.76. The molecular weight excluding hydrogens is 252 g/mol. The van der Waals surface area contributed by atoms with Crippen molar-refractivity contribution in [1.29, 1.82) is 5.26 Å². The first-order valence-electron chi connectivity index (χ1n) is 7.31. The number of fused-ring (bicyclic) bond motifs is 1. The van der Waals surface area contributed by atoms with Crippen LogP contribution in [0.25, 0.3) is 0 Å². The second-order valence-corrected chi connectivity index (χ2v) is 5.49. The molecule has 0 aliphatic carbocycles. The van der Waals surface area contributed by atoms with Crippen LogP contribution in [0.3, 0.4) is 0 Å². The maximum atomic E-state index is 9.04. The Morgan fingerprint density at radius 1 is 1.50 bits per heavy atom. The molecule has 2 aliphatic heterocycles. The third-order valence-corrected chi connectivity index (χ3v) is 4.14. The van der Waals surface area contributed by atoms with Crippen LogP contribution in [0.15, 0.2) is 18.3 Å². The van der Waals surface area contributed by atoms with Crippen molar-refractivity contribution in [3.63, 3.8) is 0 Å². The molecule has 3 rings (SSSR count). The van der Waals surface area contributed by atoms with E-state index in [1.165, 1.54) is 25.8 Å². The average Bonchev–Trinajstić information content (AvgIpc) is 2.53. The summed E-state index contributed by atoms with van der Waals surface area (Å²) in [6, 6.07) is 6.32.